The fourth-order valence-electron chi connectivity index (χ4n) is 4.04. The summed E-state index contributed by atoms with van der Waals surface area (Å²) in [6, 6.07) is 7.09. The van der Waals surface area contributed by atoms with Crippen molar-refractivity contribution < 1.29 is 19.0 Å². The first-order valence-corrected chi connectivity index (χ1v) is 11.6. The van der Waals surface area contributed by atoms with Crippen LogP contribution in [-0.4, -0.2) is 40.3 Å². The number of thiophene rings is 1. The Morgan fingerprint density at radius 1 is 1.26 bits per heavy atom. The van der Waals surface area contributed by atoms with Gasteiger partial charge in [-0.1, -0.05) is 0 Å². The number of carbonyl (C=O) groups excluding carboxylic acids is 1. The van der Waals surface area contributed by atoms with Gasteiger partial charge in [-0.3, -0.25) is 14.2 Å². The maximum absolute atomic E-state index is 13.2. The predicted octanol–water partition coefficient (Wildman–Crippen LogP) is 3.51. The van der Waals surface area contributed by atoms with Crippen LogP contribution >= 0.6 is 11.3 Å². The van der Waals surface area contributed by atoms with Crippen LogP contribution in [0.1, 0.15) is 25.1 Å². The molecule has 1 aliphatic heterocycles. The molecule has 0 fully saturated rings. The van der Waals surface area contributed by atoms with Crippen molar-refractivity contribution in [2.75, 3.05) is 19.5 Å². The molecule has 0 unspecified atom stereocenters. The number of nitrogens with one attached hydrogen (secondary N) is 1. The Morgan fingerprint density at radius 3 is 2.85 bits per heavy atom. The zero-order chi connectivity index (χ0) is 24.0. The number of amides is 1. The summed E-state index contributed by atoms with van der Waals surface area (Å²) in [7, 11) is 3.06. The molecule has 34 heavy (non-hydrogen) atoms. The van der Waals surface area contributed by atoms with E-state index in [1.54, 1.807) is 25.3 Å². The molecule has 0 bridgehead atoms. The van der Waals surface area contributed by atoms with Crippen molar-refractivity contribution in [1.82, 2.24) is 14.5 Å². The predicted molar refractivity (Wildman–Crippen MR) is 130 cm³/mol. The summed E-state index contributed by atoms with van der Waals surface area (Å²) >= 11 is 1.30. The molecular formula is C24H24N4O5S. The molecule has 5 rings (SSSR count). The molecule has 1 amide bonds. The lowest BCUT2D eigenvalue weighted by molar-refractivity contribution is -0.116. The highest BCUT2D eigenvalue weighted by molar-refractivity contribution is 7.25. The normalized spacial score (nSPS) is 14.7. The number of ether oxygens (including phenoxy) is 3. The smallest absolute Gasteiger partial charge is 0.271 e. The highest BCUT2D eigenvalue weighted by Gasteiger charge is 2.28. The third-order valence-corrected chi connectivity index (χ3v) is 6.89. The lowest BCUT2D eigenvalue weighted by Crippen LogP contribution is -2.32. The highest BCUT2D eigenvalue weighted by atomic mass is 32.1. The minimum Gasteiger partial charge on any atom is -0.497 e. The number of hydrogen-bond acceptors (Lipinski definition) is 8. The van der Waals surface area contributed by atoms with E-state index < -0.39 is 0 Å². The van der Waals surface area contributed by atoms with Crippen LogP contribution in [0.5, 0.6) is 11.5 Å². The van der Waals surface area contributed by atoms with Crippen LogP contribution in [0.4, 0.5) is 5.69 Å². The maximum Gasteiger partial charge on any atom is 0.271 e. The van der Waals surface area contributed by atoms with E-state index >= 15 is 0 Å². The van der Waals surface area contributed by atoms with E-state index in [2.05, 4.69) is 10.3 Å². The van der Waals surface area contributed by atoms with Crippen molar-refractivity contribution in [2.45, 2.75) is 39.0 Å². The summed E-state index contributed by atoms with van der Waals surface area (Å²) in [4.78, 5) is 35.9. The number of rotatable bonds is 5. The fourth-order valence-corrected chi connectivity index (χ4v) is 5.11. The number of benzene rings is 1. The molecule has 0 saturated heterocycles. The van der Waals surface area contributed by atoms with Gasteiger partial charge in [-0.25, -0.2) is 9.97 Å². The SMILES string of the molecule is COc1ccc(NC(=O)Cn2cnc3c(sc4nc5c(cc43)COC(C)(C)C5)c2=O)c(OC)c1. The summed E-state index contributed by atoms with van der Waals surface area (Å²) in [6.45, 7) is 4.38. The molecule has 1 aromatic carbocycles. The van der Waals surface area contributed by atoms with Crippen LogP contribution < -0.4 is 20.3 Å². The van der Waals surface area contributed by atoms with Crippen molar-refractivity contribution in [3.05, 3.63) is 52.2 Å². The van der Waals surface area contributed by atoms with Gasteiger partial charge in [0, 0.05) is 23.4 Å². The molecular weight excluding hydrogens is 456 g/mol. The fraction of sp³-hybridized carbons (Fsp3) is 0.333. The summed E-state index contributed by atoms with van der Waals surface area (Å²) < 4.78 is 18.2. The quantitative estimate of drug-likeness (QED) is 0.466. The van der Waals surface area contributed by atoms with Gasteiger partial charge in [-0.05, 0) is 32.0 Å². The minimum atomic E-state index is -0.374. The third kappa shape index (κ3) is 3.99. The summed E-state index contributed by atoms with van der Waals surface area (Å²) in [5.41, 5.74) is 2.54. The second-order valence-electron chi connectivity index (χ2n) is 8.74. The van der Waals surface area contributed by atoms with Crippen LogP contribution in [0.2, 0.25) is 0 Å². The molecule has 10 heteroatoms. The number of hydrogen-bond donors (Lipinski definition) is 1. The molecule has 1 aliphatic rings. The average Bonchev–Trinajstić information content (AvgIpc) is 3.17. The number of fused-ring (bicyclic) bond motifs is 4. The average molecular weight is 481 g/mol. The number of aromatic nitrogens is 3. The molecule has 9 nitrogen and oxygen atoms in total. The van der Waals surface area contributed by atoms with Gasteiger partial charge in [0.25, 0.3) is 5.56 Å². The Labute approximate surface area is 199 Å². The van der Waals surface area contributed by atoms with Crippen LogP contribution in [0.3, 0.4) is 0 Å². The van der Waals surface area contributed by atoms with Gasteiger partial charge >= 0.3 is 0 Å². The van der Waals surface area contributed by atoms with Gasteiger partial charge < -0.3 is 19.5 Å². The molecule has 3 aromatic heterocycles. The first-order valence-electron chi connectivity index (χ1n) is 10.7. The Kier molecular flexibility index (Phi) is 5.49. The number of methoxy groups -OCH3 is 2. The van der Waals surface area contributed by atoms with E-state index in [4.69, 9.17) is 19.2 Å². The van der Waals surface area contributed by atoms with Gasteiger partial charge in [0.05, 0.1) is 49.7 Å². The molecule has 0 saturated carbocycles. The Hall–Kier alpha value is -3.50. The number of pyridine rings is 1. The van der Waals surface area contributed by atoms with Crippen molar-refractivity contribution >= 4 is 43.4 Å². The Bertz CT molecular complexity index is 1490. The Balaban J connectivity index is 1.45. The van der Waals surface area contributed by atoms with Gasteiger partial charge in [0.15, 0.2) is 0 Å². The zero-order valence-electron chi connectivity index (χ0n) is 19.3. The standard InChI is InChI=1S/C24H24N4O5S/c1-24(2)9-17-13(11-33-24)7-15-20-21(34-22(15)27-17)23(30)28(12-25-20)10-19(29)26-16-6-5-14(31-3)8-18(16)32-4/h5-8,12H,9-11H2,1-4H3,(H,26,29). The second kappa shape index (κ2) is 8.37. The lowest BCUT2D eigenvalue weighted by Gasteiger charge is -2.30. The van der Waals surface area contributed by atoms with E-state index in [0.29, 0.717) is 40.4 Å². The highest BCUT2D eigenvalue weighted by Crippen LogP contribution is 2.34. The topological polar surface area (TPSA) is 105 Å². The summed E-state index contributed by atoms with van der Waals surface area (Å²) in [6.07, 6.45) is 2.11. The molecule has 0 radical (unpaired) electrons. The van der Waals surface area contributed by atoms with E-state index in [1.165, 1.54) is 29.3 Å². The molecule has 176 valence electrons. The van der Waals surface area contributed by atoms with Gasteiger partial charge in [-0.2, -0.15) is 0 Å². The van der Waals surface area contributed by atoms with E-state index in [-0.39, 0.29) is 23.6 Å². The first-order chi connectivity index (χ1) is 16.3. The van der Waals surface area contributed by atoms with Crippen molar-refractivity contribution in [2.24, 2.45) is 0 Å². The number of nitrogens with zero attached hydrogens (tertiary/aromatic N) is 3. The molecule has 0 aliphatic carbocycles. The molecule has 4 aromatic rings. The molecule has 0 spiro atoms. The van der Waals surface area contributed by atoms with Crippen molar-refractivity contribution in [1.29, 1.82) is 0 Å². The second-order valence-corrected chi connectivity index (χ2v) is 9.74. The van der Waals surface area contributed by atoms with Crippen molar-refractivity contribution in [3.63, 3.8) is 0 Å². The molecule has 4 heterocycles. The van der Waals surface area contributed by atoms with Crippen LogP contribution in [0.15, 0.2) is 35.4 Å². The number of carbonyl (C=O) groups is 1. The molecule has 1 N–H and O–H groups in total. The van der Waals surface area contributed by atoms with Gasteiger partial charge in [0.2, 0.25) is 5.91 Å². The van der Waals surface area contributed by atoms with E-state index in [1.807, 2.05) is 19.9 Å². The summed E-state index contributed by atoms with van der Waals surface area (Å²) in [5.74, 6) is 0.692. The monoisotopic (exact) mass is 480 g/mol. The zero-order valence-corrected chi connectivity index (χ0v) is 20.1. The van der Waals surface area contributed by atoms with E-state index in [0.717, 1.165) is 21.5 Å². The summed E-state index contributed by atoms with van der Waals surface area (Å²) in [5, 5.41) is 3.61. The lowest BCUT2D eigenvalue weighted by atomic mass is 9.95. The molecule has 0 atom stereocenters. The largest absolute Gasteiger partial charge is 0.497 e. The van der Waals surface area contributed by atoms with Crippen molar-refractivity contribution in [3.8, 4) is 11.5 Å². The minimum absolute atomic E-state index is 0.183. The number of anilines is 1. The van der Waals surface area contributed by atoms with Crippen LogP contribution in [0.25, 0.3) is 20.4 Å². The van der Waals surface area contributed by atoms with E-state index in [9.17, 15) is 9.59 Å². The first kappa shape index (κ1) is 22.3. The maximum atomic E-state index is 13.2. The van der Waals surface area contributed by atoms with Crippen LogP contribution in [-0.2, 0) is 29.1 Å². The van der Waals surface area contributed by atoms with Gasteiger partial charge in [0.1, 0.15) is 27.6 Å². The Morgan fingerprint density at radius 2 is 2.09 bits per heavy atom. The third-order valence-electron chi connectivity index (χ3n) is 5.81. The van der Waals surface area contributed by atoms with Crippen LogP contribution in [0, 0.1) is 0 Å². The van der Waals surface area contributed by atoms with Gasteiger partial charge in [-0.15, -0.1) is 11.3 Å².